The van der Waals surface area contributed by atoms with Gasteiger partial charge in [0.15, 0.2) is 5.69 Å². The Balaban J connectivity index is 2.01. The van der Waals surface area contributed by atoms with Gasteiger partial charge < -0.3 is 9.80 Å². The minimum absolute atomic E-state index is 0.0841. The molecule has 1 aliphatic heterocycles. The van der Waals surface area contributed by atoms with Gasteiger partial charge in [-0.2, -0.15) is 8.75 Å². The lowest BCUT2D eigenvalue weighted by Crippen LogP contribution is -2.46. The average molecular weight is 296 g/mol. The molecule has 2 amide bonds. The molecule has 6 nitrogen and oxygen atoms in total. The number of aromatic nitrogens is 2. The lowest BCUT2D eigenvalue weighted by atomic mass is 9.96. The van der Waals surface area contributed by atoms with Crippen molar-refractivity contribution >= 4 is 23.5 Å². The van der Waals surface area contributed by atoms with Crippen LogP contribution in [0.3, 0.4) is 0 Å². The molecule has 0 spiro atoms. The number of carbonyl (C=O) groups is 2. The van der Waals surface area contributed by atoms with Gasteiger partial charge in [0.05, 0.1) is 23.8 Å². The smallest absolute Gasteiger partial charge is 0.275 e. The molecule has 1 aromatic heterocycles. The van der Waals surface area contributed by atoms with E-state index in [1.165, 1.54) is 6.20 Å². The summed E-state index contributed by atoms with van der Waals surface area (Å²) in [4.78, 5) is 28.2. The molecule has 0 bridgehead atoms. The molecule has 0 unspecified atom stereocenters. The predicted molar refractivity (Wildman–Crippen MR) is 76.5 cm³/mol. The van der Waals surface area contributed by atoms with Gasteiger partial charge in [-0.15, -0.1) is 0 Å². The highest BCUT2D eigenvalue weighted by molar-refractivity contribution is 6.99. The quantitative estimate of drug-likeness (QED) is 0.839. The topological polar surface area (TPSA) is 66.4 Å². The van der Waals surface area contributed by atoms with E-state index < -0.39 is 0 Å². The highest BCUT2D eigenvalue weighted by Crippen LogP contribution is 2.20. The average Bonchev–Trinajstić information content (AvgIpc) is 3.02. The Morgan fingerprint density at radius 3 is 2.80 bits per heavy atom. The molecule has 20 heavy (non-hydrogen) atoms. The summed E-state index contributed by atoms with van der Waals surface area (Å²) in [5.74, 6) is -0.0427. The van der Waals surface area contributed by atoms with Crippen LogP contribution < -0.4 is 0 Å². The van der Waals surface area contributed by atoms with E-state index in [0.717, 1.165) is 37.7 Å². The Morgan fingerprint density at radius 1 is 1.45 bits per heavy atom. The van der Waals surface area contributed by atoms with E-state index in [9.17, 15) is 9.59 Å². The largest absolute Gasteiger partial charge is 0.343 e. The Hall–Kier alpha value is -1.50. The second kappa shape index (κ2) is 6.78. The van der Waals surface area contributed by atoms with E-state index in [0.29, 0.717) is 18.8 Å². The standard InChI is InChI=1S/C13H20N4O2S/c1-3-16(4-2)12(18)10-6-5-7-17(9-10)13(19)11-8-14-20-15-11/h8,10H,3-7,9H2,1-2H3/t10-/m1/s1. The molecule has 2 rings (SSSR count). The Labute approximate surface area is 123 Å². The Bertz CT molecular complexity index is 459. The summed E-state index contributed by atoms with van der Waals surface area (Å²) in [5.41, 5.74) is 0.380. The number of amides is 2. The molecule has 0 N–H and O–H groups in total. The zero-order valence-electron chi connectivity index (χ0n) is 11.9. The molecule has 0 aliphatic carbocycles. The summed E-state index contributed by atoms with van der Waals surface area (Å²) in [5, 5.41) is 0. The summed E-state index contributed by atoms with van der Waals surface area (Å²) in [7, 11) is 0. The van der Waals surface area contributed by atoms with Crippen LogP contribution in [0.15, 0.2) is 6.20 Å². The van der Waals surface area contributed by atoms with E-state index in [4.69, 9.17) is 0 Å². The molecule has 1 aliphatic rings. The minimum Gasteiger partial charge on any atom is -0.343 e. The molecule has 0 aromatic carbocycles. The van der Waals surface area contributed by atoms with Crippen LogP contribution in [0.4, 0.5) is 0 Å². The van der Waals surface area contributed by atoms with Gasteiger partial charge in [-0.25, -0.2) is 0 Å². The fourth-order valence-corrected chi connectivity index (χ4v) is 2.98. The highest BCUT2D eigenvalue weighted by Gasteiger charge is 2.31. The maximum Gasteiger partial charge on any atom is 0.275 e. The fourth-order valence-electron chi connectivity index (χ4n) is 2.58. The van der Waals surface area contributed by atoms with Gasteiger partial charge in [-0.05, 0) is 26.7 Å². The van der Waals surface area contributed by atoms with E-state index in [1.807, 2.05) is 18.7 Å². The normalized spacial score (nSPS) is 18.9. The van der Waals surface area contributed by atoms with E-state index >= 15 is 0 Å². The first-order valence-electron chi connectivity index (χ1n) is 7.03. The van der Waals surface area contributed by atoms with E-state index in [-0.39, 0.29) is 17.7 Å². The molecule has 2 heterocycles. The van der Waals surface area contributed by atoms with Crippen LogP contribution in [0.2, 0.25) is 0 Å². The van der Waals surface area contributed by atoms with Crippen LogP contribution in [-0.4, -0.2) is 56.5 Å². The van der Waals surface area contributed by atoms with Crippen LogP contribution in [0.1, 0.15) is 37.2 Å². The summed E-state index contributed by atoms with van der Waals surface area (Å²) in [6.07, 6.45) is 3.21. The van der Waals surface area contributed by atoms with Crippen LogP contribution in [0.5, 0.6) is 0 Å². The van der Waals surface area contributed by atoms with Gasteiger partial charge in [0.25, 0.3) is 5.91 Å². The SMILES string of the molecule is CCN(CC)C(=O)[C@@H]1CCCN(C(=O)c2cnsn2)C1. The number of hydrogen-bond donors (Lipinski definition) is 0. The van der Waals surface area contributed by atoms with Crippen molar-refractivity contribution in [3.8, 4) is 0 Å². The number of rotatable bonds is 4. The number of carbonyl (C=O) groups excluding carboxylic acids is 2. The molecule has 1 atom stereocenters. The first-order chi connectivity index (χ1) is 9.67. The third-order valence-electron chi connectivity index (χ3n) is 3.71. The maximum atomic E-state index is 12.4. The third-order valence-corrected chi connectivity index (χ3v) is 4.19. The predicted octanol–water partition coefficient (Wildman–Crippen LogP) is 1.26. The molecule has 7 heteroatoms. The van der Waals surface area contributed by atoms with Gasteiger partial charge in [0.2, 0.25) is 5.91 Å². The van der Waals surface area contributed by atoms with Crippen molar-refractivity contribution in [2.24, 2.45) is 5.92 Å². The molecule has 1 aromatic rings. The summed E-state index contributed by atoms with van der Waals surface area (Å²) < 4.78 is 7.83. The summed E-state index contributed by atoms with van der Waals surface area (Å²) >= 11 is 1.03. The lowest BCUT2D eigenvalue weighted by Gasteiger charge is -2.34. The second-order valence-electron chi connectivity index (χ2n) is 4.89. The second-order valence-corrected chi connectivity index (χ2v) is 5.45. The van der Waals surface area contributed by atoms with Gasteiger partial charge in [0, 0.05) is 26.2 Å². The van der Waals surface area contributed by atoms with Crippen LogP contribution in [-0.2, 0) is 4.79 Å². The molecule has 0 radical (unpaired) electrons. The third kappa shape index (κ3) is 3.15. The van der Waals surface area contributed by atoms with Crippen molar-refractivity contribution in [1.29, 1.82) is 0 Å². The van der Waals surface area contributed by atoms with Crippen LogP contribution in [0, 0.1) is 5.92 Å². The fraction of sp³-hybridized carbons (Fsp3) is 0.692. The highest BCUT2D eigenvalue weighted by atomic mass is 32.1. The lowest BCUT2D eigenvalue weighted by molar-refractivity contribution is -0.136. The van der Waals surface area contributed by atoms with Crippen molar-refractivity contribution in [2.75, 3.05) is 26.2 Å². The van der Waals surface area contributed by atoms with Crippen molar-refractivity contribution in [1.82, 2.24) is 18.5 Å². The minimum atomic E-state index is -0.115. The molecular weight excluding hydrogens is 276 g/mol. The van der Waals surface area contributed by atoms with Gasteiger partial charge in [-0.1, -0.05) is 0 Å². The number of likely N-dealkylation sites (tertiary alicyclic amines) is 1. The van der Waals surface area contributed by atoms with E-state index in [1.54, 1.807) is 4.90 Å². The van der Waals surface area contributed by atoms with Crippen molar-refractivity contribution in [2.45, 2.75) is 26.7 Å². The molecule has 110 valence electrons. The first kappa shape index (κ1) is 14.9. The molecule has 1 fully saturated rings. The monoisotopic (exact) mass is 296 g/mol. The zero-order chi connectivity index (χ0) is 14.5. The van der Waals surface area contributed by atoms with E-state index in [2.05, 4.69) is 8.75 Å². The van der Waals surface area contributed by atoms with Crippen LogP contribution in [0.25, 0.3) is 0 Å². The van der Waals surface area contributed by atoms with Gasteiger partial charge in [0.1, 0.15) is 0 Å². The maximum absolute atomic E-state index is 12.4. The summed E-state index contributed by atoms with van der Waals surface area (Å²) in [6.45, 7) is 6.58. The number of nitrogens with zero attached hydrogens (tertiary/aromatic N) is 4. The number of hydrogen-bond acceptors (Lipinski definition) is 5. The number of piperidine rings is 1. The van der Waals surface area contributed by atoms with Gasteiger partial charge >= 0.3 is 0 Å². The van der Waals surface area contributed by atoms with Crippen molar-refractivity contribution < 1.29 is 9.59 Å². The van der Waals surface area contributed by atoms with Crippen LogP contribution >= 0.6 is 11.7 Å². The first-order valence-corrected chi connectivity index (χ1v) is 7.76. The van der Waals surface area contributed by atoms with Crippen molar-refractivity contribution in [3.05, 3.63) is 11.9 Å². The summed E-state index contributed by atoms with van der Waals surface area (Å²) in [6, 6.07) is 0. The zero-order valence-corrected chi connectivity index (χ0v) is 12.7. The molecular formula is C13H20N4O2S. The molecule has 0 saturated carbocycles. The Kier molecular flexibility index (Phi) is 5.05. The van der Waals surface area contributed by atoms with Crippen molar-refractivity contribution in [3.63, 3.8) is 0 Å². The van der Waals surface area contributed by atoms with Gasteiger partial charge in [-0.3, -0.25) is 9.59 Å². The Morgan fingerprint density at radius 2 is 2.20 bits per heavy atom. The molecule has 1 saturated heterocycles.